The van der Waals surface area contributed by atoms with Gasteiger partial charge in [0.25, 0.3) is 0 Å². The van der Waals surface area contributed by atoms with Crippen LogP contribution in [0.5, 0.6) is 0 Å². The van der Waals surface area contributed by atoms with Crippen molar-refractivity contribution in [1.29, 1.82) is 0 Å². The molecule has 0 aliphatic heterocycles. The highest BCUT2D eigenvalue weighted by molar-refractivity contribution is 6.00. The predicted octanol–water partition coefficient (Wildman–Crippen LogP) is 8.62. The molecular weight excluding hydrogens is 681 g/mol. The average molecular weight is 716 g/mol. The second-order valence-corrected chi connectivity index (χ2v) is 13.5. The molecule has 5 aromatic carbocycles. The second-order valence-electron chi connectivity index (χ2n) is 13.5. The number of nitrogens with zero attached hydrogens (tertiary/aromatic N) is 4. The molecule has 0 saturated heterocycles. The fourth-order valence-corrected chi connectivity index (χ4v) is 7.61. The smallest absolute Gasteiger partial charge is 0.227 e. The number of halogens is 2. The molecule has 1 aliphatic rings. The highest BCUT2D eigenvalue weighted by Gasteiger charge is 2.49. The molecule has 54 heavy (non-hydrogen) atoms. The van der Waals surface area contributed by atoms with Gasteiger partial charge in [0.2, 0.25) is 5.91 Å². The molecular formula is C45H35F2N5O2. The number of hydrogen-bond acceptors (Lipinski definition) is 4. The lowest BCUT2D eigenvalue weighted by molar-refractivity contribution is -0.124. The molecule has 9 heteroatoms. The van der Waals surface area contributed by atoms with Gasteiger partial charge in [-0.1, -0.05) is 110 Å². The molecule has 2 unspecified atom stereocenters. The Hall–Kier alpha value is -6.74. The van der Waals surface area contributed by atoms with Crippen LogP contribution in [0.25, 0.3) is 27.9 Å². The highest BCUT2D eigenvalue weighted by Crippen LogP contribution is 2.43. The van der Waals surface area contributed by atoms with E-state index in [-0.39, 0.29) is 5.56 Å². The Balaban J connectivity index is 1.22. The summed E-state index contributed by atoms with van der Waals surface area (Å²) >= 11 is 0. The molecule has 1 aliphatic carbocycles. The van der Waals surface area contributed by atoms with Crippen molar-refractivity contribution in [3.8, 4) is 11.1 Å². The summed E-state index contributed by atoms with van der Waals surface area (Å²) < 4.78 is 34.6. The SMILES string of the molecule is CC(C(=O)c1ccc(F)cc1)C1(F)C=C(n2cnc3ccc(-c4cnn(C(c5ccccc5)(c5ccccc5)c5ccccc5)c4)cc32)C=C[C@H]1C(N)=O. The second kappa shape index (κ2) is 13.7. The van der Waals surface area contributed by atoms with E-state index in [4.69, 9.17) is 10.8 Å². The van der Waals surface area contributed by atoms with Crippen molar-refractivity contribution in [2.75, 3.05) is 0 Å². The molecule has 0 saturated carbocycles. The molecule has 266 valence electrons. The fraction of sp³-hybridized carbons (Fsp3) is 0.111. The maximum Gasteiger partial charge on any atom is 0.227 e. The number of ketones is 1. The number of alkyl halides is 1. The van der Waals surface area contributed by atoms with Crippen LogP contribution >= 0.6 is 0 Å². The first-order chi connectivity index (χ1) is 26.2. The van der Waals surface area contributed by atoms with Crippen LogP contribution in [0.4, 0.5) is 8.78 Å². The third-order valence-electron chi connectivity index (χ3n) is 10.5. The lowest BCUT2D eigenvalue weighted by atomic mass is 9.73. The van der Waals surface area contributed by atoms with Gasteiger partial charge in [-0.15, -0.1) is 0 Å². The van der Waals surface area contributed by atoms with Crippen LogP contribution in [-0.4, -0.2) is 36.7 Å². The number of amides is 1. The van der Waals surface area contributed by atoms with Crippen molar-refractivity contribution in [3.05, 3.63) is 198 Å². The van der Waals surface area contributed by atoms with Crippen molar-refractivity contribution in [2.45, 2.75) is 18.1 Å². The zero-order chi connectivity index (χ0) is 37.5. The van der Waals surface area contributed by atoms with Gasteiger partial charge >= 0.3 is 0 Å². The number of allylic oxidation sites excluding steroid dienone is 3. The summed E-state index contributed by atoms with van der Waals surface area (Å²) in [6, 6.07) is 41.5. The number of primary amides is 1. The lowest BCUT2D eigenvalue weighted by Crippen LogP contribution is -2.48. The Kier molecular flexibility index (Phi) is 8.70. The monoisotopic (exact) mass is 715 g/mol. The van der Waals surface area contributed by atoms with Gasteiger partial charge in [-0.3, -0.25) is 18.8 Å². The van der Waals surface area contributed by atoms with E-state index in [0.717, 1.165) is 39.9 Å². The third-order valence-corrected chi connectivity index (χ3v) is 10.5. The van der Waals surface area contributed by atoms with Gasteiger partial charge in [0.1, 0.15) is 17.7 Å². The number of Topliss-reactive ketones (excluding diaryl/α,β-unsaturated/α-hetero) is 1. The van der Waals surface area contributed by atoms with E-state index in [9.17, 15) is 14.0 Å². The number of rotatable bonds is 10. The molecule has 7 nitrogen and oxygen atoms in total. The molecule has 8 rings (SSSR count). The van der Waals surface area contributed by atoms with E-state index in [1.807, 2.05) is 89.9 Å². The number of benzene rings is 5. The Morgan fingerprint density at radius 3 is 1.98 bits per heavy atom. The van der Waals surface area contributed by atoms with Crippen LogP contribution < -0.4 is 5.73 Å². The standard InChI is InChI=1S/C45H35F2N5O2/c1-30(42(53)31-17-20-37(46)21-18-31)44(47)26-38(22-23-39(44)43(48)54)51-29-49-40-24-19-32(25-41(40)51)33-27-50-52(28-33)45(34-11-5-2-6-12-34,35-13-7-3-8-14-35)36-15-9-4-10-16-36/h2-30,39H,1H3,(H2,48,54)/t30?,39-,44?/m0/s1. The quantitative estimate of drug-likeness (QED) is 0.113. The topological polar surface area (TPSA) is 95.8 Å². The van der Waals surface area contributed by atoms with Crippen LogP contribution in [0.15, 0.2) is 170 Å². The Morgan fingerprint density at radius 2 is 1.41 bits per heavy atom. The number of nitrogens with two attached hydrogens (primary N) is 1. The Bertz CT molecular complexity index is 2450. The summed E-state index contributed by atoms with van der Waals surface area (Å²) in [4.78, 5) is 30.6. The van der Waals surface area contributed by atoms with Gasteiger partial charge in [0.15, 0.2) is 11.5 Å². The van der Waals surface area contributed by atoms with E-state index >= 15 is 4.39 Å². The fourth-order valence-electron chi connectivity index (χ4n) is 7.61. The number of hydrogen-bond donors (Lipinski definition) is 1. The molecule has 0 bridgehead atoms. The van der Waals surface area contributed by atoms with E-state index < -0.39 is 40.6 Å². The molecule has 7 aromatic rings. The van der Waals surface area contributed by atoms with E-state index in [1.54, 1.807) is 17.0 Å². The molecule has 3 atom stereocenters. The number of carbonyl (C=O) groups is 2. The summed E-state index contributed by atoms with van der Waals surface area (Å²) in [7, 11) is 0. The summed E-state index contributed by atoms with van der Waals surface area (Å²) in [6.07, 6.45) is 9.72. The first-order valence-corrected chi connectivity index (χ1v) is 17.6. The van der Waals surface area contributed by atoms with Crippen molar-refractivity contribution in [3.63, 3.8) is 0 Å². The number of aromatic nitrogens is 4. The maximum absolute atomic E-state index is 17.2. The summed E-state index contributed by atoms with van der Waals surface area (Å²) in [5, 5.41) is 5.01. The van der Waals surface area contributed by atoms with Crippen LogP contribution in [-0.2, 0) is 10.3 Å². The first-order valence-electron chi connectivity index (χ1n) is 17.6. The molecule has 0 spiro atoms. The van der Waals surface area contributed by atoms with Crippen LogP contribution in [0.2, 0.25) is 0 Å². The summed E-state index contributed by atoms with van der Waals surface area (Å²) in [5.41, 5.74) is 9.04. The Labute approximate surface area is 310 Å². The van der Waals surface area contributed by atoms with Crippen molar-refractivity contribution >= 4 is 28.4 Å². The van der Waals surface area contributed by atoms with Crippen LogP contribution in [0.1, 0.15) is 34.0 Å². The number of fused-ring (bicyclic) bond motifs is 1. The minimum atomic E-state index is -2.48. The molecule has 2 aromatic heterocycles. The Morgan fingerprint density at radius 1 is 0.815 bits per heavy atom. The number of carbonyl (C=O) groups excluding carboxylic acids is 2. The summed E-state index contributed by atoms with van der Waals surface area (Å²) in [6.45, 7) is 1.41. The highest BCUT2D eigenvalue weighted by atomic mass is 19.1. The predicted molar refractivity (Wildman–Crippen MR) is 205 cm³/mol. The third kappa shape index (κ3) is 5.74. The normalized spacial score (nSPS) is 17.6. The van der Waals surface area contributed by atoms with Crippen molar-refractivity contribution < 1.29 is 18.4 Å². The van der Waals surface area contributed by atoms with E-state index in [0.29, 0.717) is 16.7 Å². The van der Waals surface area contributed by atoms with Crippen molar-refractivity contribution in [2.24, 2.45) is 17.6 Å². The zero-order valence-electron chi connectivity index (χ0n) is 29.3. The van der Waals surface area contributed by atoms with E-state index in [1.165, 1.54) is 31.2 Å². The van der Waals surface area contributed by atoms with Crippen molar-refractivity contribution in [1.82, 2.24) is 19.3 Å². The van der Waals surface area contributed by atoms with Gasteiger partial charge in [0, 0.05) is 23.0 Å². The molecule has 0 fully saturated rings. The molecule has 2 N–H and O–H groups in total. The van der Waals surface area contributed by atoms with Gasteiger partial charge in [-0.05, 0) is 70.8 Å². The molecule has 1 amide bonds. The average Bonchev–Trinajstić information content (AvgIpc) is 3.87. The lowest BCUT2D eigenvalue weighted by Gasteiger charge is -2.36. The van der Waals surface area contributed by atoms with Gasteiger partial charge in [-0.25, -0.2) is 13.8 Å². The van der Waals surface area contributed by atoms with Crippen LogP contribution in [0.3, 0.4) is 0 Å². The summed E-state index contributed by atoms with van der Waals surface area (Å²) in [5.74, 6) is -4.74. The number of imidazole rings is 1. The van der Waals surface area contributed by atoms with Crippen LogP contribution in [0, 0.1) is 17.7 Å². The minimum Gasteiger partial charge on any atom is -0.369 e. The van der Waals surface area contributed by atoms with Gasteiger partial charge < -0.3 is 5.73 Å². The molecule has 2 heterocycles. The van der Waals surface area contributed by atoms with Gasteiger partial charge in [-0.2, -0.15) is 5.10 Å². The maximum atomic E-state index is 17.2. The van der Waals surface area contributed by atoms with E-state index in [2.05, 4.69) is 41.4 Å². The zero-order valence-corrected chi connectivity index (χ0v) is 29.3. The minimum absolute atomic E-state index is 0.128. The van der Waals surface area contributed by atoms with Gasteiger partial charge in [0.05, 0.1) is 29.1 Å². The largest absolute Gasteiger partial charge is 0.369 e. The molecule has 0 radical (unpaired) electrons. The first kappa shape index (κ1) is 34.4.